The van der Waals surface area contributed by atoms with Gasteiger partial charge in [0, 0.05) is 90.2 Å². The topological polar surface area (TPSA) is 183 Å². The lowest BCUT2D eigenvalue weighted by Crippen LogP contribution is -2.50. The Morgan fingerprint density at radius 3 is 2.05 bits per heavy atom. The molecule has 0 aliphatic carbocycles. The standard InChI is InChI=1S/C27H45N7O8/c1-29-7-10-31(11-9-30(2)20-26(37)38)13-14-33(21-27(39)40)16-15-32(12-8-29)19-23(28-18-25(35)36)17-22-3-5-24(6-4-22)34(41)42/h3-6,23,28H,7-21H2,1-2H3,(H,35,36)(H,37,38)(H,39,40). The molecule has 0 radical (unpaired) electrons. The number of benzene rings is 1. The lowest BCUT2D eigenvalue weighted by Gasteiger charge is -2.34. The minimum absolute atomic E-state index is 0.00994. The van der Waals surface area contributed by atoms with Crippen molar-refractivity contribution in [2.24, 2.45) is 0 Å². The molecule has 1 unspecified atom stereocenters. The lowest BCUT2D eigenvalue weighted by molar-refractivity contribution is -0.384. The van der Waals surface area contributed by atoms with Crippen molar-refractivity contribution in [2.75, 3.05) is 106 Å². The number of hydrogen-bond donors (Lipinski definition) is 4. The Labute approximate surface area is 246 Å². The van der Waals surface area contributed by atoms with Crippen LogP contribution in [0.3, 0.4) is 0 Å². The molecular formula is C27H45N7O8. The molecule has 1 aliphatic heterocycles. The van der Waals surface area contributed by atoms with E-state index in [1.54, 1.807) is 24.1 Å². The lowest BCUT2D eigenvalue weighted by atomic mass is 10.0. The Morgan fingerprint density at radius 1 is 0.905 bits per heavy atom. The minimum atomic E-state index is -0.983. The van der Waals surface area contributed by atoms with Crippen LogP contribution >= 0.6 is 0 Å². The fraction of sp³-hybridized carbons (Fsp3) is 0.667. The highest BCUT2D eigenvalue weighted by Crippen LogP contribution is 2.14. The molecule has 1 atom stereocenters. The van der Waals surface area contributed by atoms with Crippen molar-refractivity contribution < 1.29 is 34.6 Å². The highest BCUT2D eigenvalue weighted by molar-refractivity contribution is 5.69. The molecule has 1 fully saturated rings. The van der Waals surface area contributed by atoms with Gasteiger partial charge in [0.2, 0.25) is 0 Å². The Balaban J connectivity index is 2.11. The van der Waals surface area contributed by atoms with Gasteiger partial charge in [-0.1, -0.05) is 12.1 Å². The van der Waals surface area contributed by atoms with E-state index in [4.69, 9.17) is 5.11 Å². The van der Waals surface area contributed by atoms with Crippen molar-refractivity contribution in [3.05, 3.63) is 39.9 Å². The number of carbonyl (C=O) groups is 3. The molecule has 0 amide bonds. The van der Waals surface area contributed by atoms with E-state index in [-0.39, 0.29) is 31.4 Å². The van der Waals surface area contributed by atoms with Crippen LogP contribution in [0, 0.1) is 10.1 Å². The number of aliphatic carboxylic acids is 3. The number of nitrogens with one attached hydrogen (secondary N) is 1. The number of carboxylic acid groups (broad SMARTS) is 3. The Bertz CT molecular complexity index is 1010. The zero-order valence-corrected chi connectivity index (χ0v) is 24.6. The molecule has 236 valence electrons. The second-order valence-electron chi connectivity index (χ2n) is 10.8. The molecular weight excluding hydrogens is 550 g/mol. The van der Waals surface area contributed by atoms with Crippen LogP contribution in [-0.4, -0.2) is 174 Å². The minimum Gasteiger partial charge on any atom is -0.480 e. The zero-order chi connectivity index (χ0) is 31.1. The molecule has 1 aliphatic rings. The number of nitro benzene ring substituents is 1. The number of nitrogens with zero attached hydrogens (tertiary/aromatic N) is 6. The first kappa shape index (κ1) is 35.0. The summed E-state index contributed by atoms with van der Waals surface area (Å²) in [6.45, 7) is 6.62. The predicted molar refractivity (Wildman–Crippen MR) is 156 cm³/mol. The fourth-order valence-electron chi connectivity index (χ4n) is 4.80. The number of rotatable bonds is 15. The third kappa shape index (κ3) is 14.6. The summed E-state index contributed by atoms with van der Waals surface area (Å²) in [6.07, 6.45) is 0.474. The summed E-state index contributed by atoms with van der Waals surface area (Å²) < 4.78 is 0. The first-order valence-electron chi connectivity index (χ1n) is 14.1. The molecule has 4 N–H and O–H groups in total. The van der Waals surface area contributed by atoms with Crippen LogP contribution in [0.15, 0.2) is 24.3 Å². The molecule has 1 aromatic carbocycles. The maximum atomic E-state index is 11.6. The van der Waals surface area contributed by atoms with Gasteiger partial charge >= 0.3 is 17.9 Å². The number of likely N-dealkylation sites (N-methyl/N-ethyl adjacent to an activating group) is 2. The van der Waals surface area contributed by atoms with E-state index in [1.165, 1.54) is 12.1 Å². The van der Waals surface area contributed by atoms with Crippen LogP contribution in [-0.2, 0) is 20.8 Å². The summed E-state index contributed by atoms with van der Waals surface area (Å²) >= 11 is 0. The molecule has 15 nitrogen and oxygen atoms in total. The molecule has 0 aromatic heterocycles. The Hall–Kier alpha value is -3.21. The van der Waals surface area contributed by atoms with Crippen molar-refractivity contribution in [3.8, 4) is 0 Å². The van der Waals surface area contributed by atoms with Crippen LogP contribution in [0.5, 0.6) is 0 Å². The average molecular weight is 596 g/mol. The van der Waals surface area contributed by atoms with E-state index in [9.17, 15) is 34.7 Å². The van der Waals surface area contributed by atoms with Crippen molar-refractivity contribution in [1.29, 1.82) is 0 Å². The summed E-state index contributed by atoms with van der Waals surface area (Å²) in [4.78, 5) is 54.8. The molecule has 0 saturated carbocycles. The molecule has 1 heterocycles. The largest absolute Gasteiger partial charge is 0.480 e. The van der Waals surface area contributed by atoms with Crippen LogP contribution in [0.25, 0.3) is 0 Å². The highest BCUT2D eigenvalue weighted by Gasteiger charge is 2.21. The Kier molecular flexibility index (Phi) is 15.3. The maximum Gasteiger partial charge on any atom is 0.317 e. The molecule has 2 rings (SSSR count). The quantitative estimate of drug-likeness (QED) is 0.145. The molecule has 15 heteroatoms. The number of nitro groups is 1. The first-order chi connectivity index (χ1) is 19.9. The van der Waals surface area contributed by atoms with Gasteiger partial charge in [-0.05, 0) is 26.1 Å². The van der Waals surface area contributed by atoms with Crippen molar-refractivity contribution in [1.82, 2.24) is 29.8 Å². The third-order valence-corrected chi connectivity index (χ3v) is 7.27. The second kappa shape index (κ2) is 18.4. The first-order valence-corrected chi connectivity index (χ1v) is 14.1. The number of non-ortho nitro benzene ring substituents is 1. The van der Waals surface area contributed by atoms with Crippen LogP contribution in [0.4, 0.5) is 5.69 Å². The molecule has 1 aromatic rings. The zero-order valence-electron chi connectivity index (χ0n) is 24.6. The fourth-order valence-corrected chi connectivity index (χ4v) is 4.80. The van der Waals surface area contributed by atoms with Gasteiger partial charge in [-0.2, -0.15) is 0 Å². The molecule has 0 spiro atoms. The van der Waals surface area contributed by atoms with Gasteiger partial charge in [0.1, 0.15) is 0 Å². The smallest absolute Gasteiger partial charge is 0.317 e. The molecule has 1 saturated heterocycles. The SMILES string of the molecule is CN1CCN(CCN(C)CC(=O)O)CCN(CC(=O)O)CCN(CC(Cc2ccc([N+](=O)[O-])cc2)NCC(=O)O)CC1. The van der Waals surface area contributed by atoms with Gasteiger partial charge in [-0.3, -0.25) is 44.1 Å². The summed E-state index contributed by atoms with van der Waals surface area (Å²) in [6, 6.07) is 5.99. The van der Waals surface area contributed by atoms with E-state index in [0.29, 0.717) is 58.8 Å². The van der Waals surface area contributed by atoms with Crippen LogP contribution < -0.4 is 5.32 Å². The summed E-state index contributed by atoms with van der Waals surface area (Å²) in [5.41, 5.74) is 0.834. The highest BCUT2D eigenvalue weighted by atomic mass is 16.6. The predicted octanol–water partition coefficient (Wildman–Crippen LogP) is -0.867. The van der Waals surface area contributed by atoms with E-state index in [2.05, 4.69) is 20.0 Å². The van der Waals surface area contributed by atoms with Gasteiger partial charge in [0.15, 0.2) is 0 Å². The maximum absolute atomic E-state index is 11.6. The second-order valence-corrected chi connectivity index (χ2v) is 10.8. The average Bonchev–Trinajstić information content (AvgIpc) is 2.91. The van der Waals surface area contributed by atoms with Gasteiger partial charge in [0.05, 0.1) is 24.6 Å². The monoisotopic (exact) mass is 595 g/mol. The van der Waals surface area contributed by atoms with Gasteiger partial charge < -0.3 is 25.5 Å². The van der Waals surface area contributed by atoms with Crippen LogP contribution in [0.1, 0.15) is 5.56 Å². The van der Waals surface area contributed by atoms with Crippen molar-refractivity contribution >= 4 is 23.6 Å². The van der Waals surface area contributed by atoms with Gasteiger partial charge in [-0.25, -0.2) is 0 Å². The van der Waals surface area contributed by atoms with E-state index in [0.717, 1.165) is 25.2 Å². The summed E-state index contributed by atoms with van der Waals surface area (Å²) in [5.74, 6) is -2.78. The van der Waals surface area contributed by atoms with Gasteiger partial charge in [-0.15, -0.1) is 0 Å². The normalized spacial score (nSPS) is 17.8. The number of hydrogen-bond acceptors (Lipinski definition) is 11. The van der Waals surface area contributed by atoms with Crippen LogP contribution in [0.2, 0.25) is 0 Å². The number of carboxylic acids is 3. The van der Waals surface area contributed by atoms with E-state index >= 15 is 0 Å². The van der Waals surface area contributed by atoms with E-state index < -0.39 is 22.8 Å². The molecule has 42 heavy (non-hydrogen) atoms. The third-order valence-electron chi connectivity index (χ3n) is 7.27. The van der Waals surface area contributed by atoms with Crippen molar-refractivity contribution in [2.45, 2.75) is 12.5 Å². The van der Waals surface area contributed by atoms with Crippen molar-refractivity contribution in [3.63, 3.8) is 0 Å². The summed E-state index contributed by atoms with van der Waals surface area (Å²) in [7, 11) is 3.80. The summed E-state index contributed by atoms with van der Waals surface area (Å²) in [5, 5.41) is 41.9. The Morgan fingerprint density at radius 2 is 1.48 bits per heavy atom. The van der Waals surface area contributed by atoms with E-state index in [1.807, 2.05) is 11.9 Å². The van der Waals surface area contributed by atoms with Gasteiger partial charge in [0.25, 0.3) is 5.69 Å². The molecule has 0 bridgehead atoms.